The monoisotopic (exact) mass is 317 g/mol. The first-order chi connectivity index (χ1) is 9.39. The summed E-state index contributed by atoms with van der Waals surface area (Å²) in [5.41, 5.74) is 0.923. The molecule has 2 rings (SSSR count). The highest BCUT2D eigenvalue weighted by Crippen LogP contribution is 2.53. The fourth-order valence-corrected chi connectivity index (χ4v) is 2.52. The molecule has 0 bridgehead atoms. The van der Waals surface area contributed by atoms with E-state index in [4.69, 9.17) is 32.7 Å². The molecule has 1 aliphatic rings. The summed E-state index contributed by atoms with van der Waals surface area (Å²) >= 11 is 11.8. The normalized spacial score (nSPS) is 20.9. The molecule has 0 saturated heterocycles. The molecular formula is C14H17Cl2NO3. The number of alkyl halides is 2. The molecular weight excluding hydrogens is 301 g/mol. The van der Waals surface area contributed by atoms with Crippen molar-refractivity contribution in [3.05, 3.63) is 23.8 Å². The lowest BCUT2D eigenvalue weighted by Crippen LogP contribution is -2.29. The predicted octanol–water partition coefficient (Wildman–Crippen LogP) is 3.07. The molecule has 1 aliphatic carbocycles. The van der Waals surface area contributed by atoms with Gasteiger partial charge in [0.25, 0.3) is 0 Å². The molecule has 1 saturated carbocycles. The summed E-state index contributed by atoms with van der Waals surface area (Å²) in [7, 11) is 3.15. The number of rotatable bonds is 5. The summed E-state index contributed by atoms with van der Waals surface area (Å²) in [4.78, 5) is 11.9. The molecule has 0 spiro atoms. The Labute approximate surface area is 128 Å². The smallest absolute Gasteiger partial charge is 0.226 e. The summed E-state index contributed by atoms with van der Waals surface area (Å²) in [6.07, 6.45) is 0.501. The highest BCUT2D eigenvalue weighted by atomic mass is 35.5. The van der Waals surface area contributed by atoms with Gasteiger partial charge < -0.3 is 14.8 Å². The minimum absolute atomic E-state index is 0.128. The van der Waals surface area contributed by atoms with Crippen molar-refractivity contribution in [2.75, 3.05) is 14.2 Å². The highest BCUT2D eigenvalue weighted by molar-refractivity contribution is 6.52. The first-order valence-electron chi connectivity index (χ1n) is 6.29. The summed E-state index contributed by atoms with van der Waals surface area (Å²) < 4.78 is 9.52. The van der Waals surface area contributed by atoms with Crippen molar-refractivity contribution >= 4 is 29.1 Å². The number of carbonyl (C=O) groups is 1. The minimum atomic E-state index is -0.901. The second-order valence-corrected chi connectivity index (χ2v) is 6.40. The van der Waals surface area contributed by atoms with Gasteiger partial charge in [-0.1, -0.05) is 6.07 Å². The molecule has 2 atom stereocenters. The van der Waals surface area contributed by atoms with Gasteiger partial charge in [-0.25, -0.2) is 0 Å². The lowest BCUT2D eigenvalue weighted by atomic mass is 10.1. The maximum absolute atomic E-state index is 11.9. The summed E-state index contributed by atoms with van der Waals surface area (Å²) in [5, 5.41) is 2.90. The largest absolute Gasteiger partial charge is 0.493 e. The molecule has 0 aliphatic heterocycles. The van der Waals surface area contributed by atoms with Crippen LogP contribution in [0.5, 0.6) is 11.5 Å². The SMILES string of the molecule is COc1ccc(C(C)NC(=O)C2CC2(Cl)Cl)cc1OC. The Morgan fingerprint density at radius 3 is 2.45 bits per heavy atom. The van der Waals surface area contributed by atoms with Crippen LogP contribution >= 0.6 is 23.2 Å². The first kappa shape index (κ1) is 15.3. The van der Waals surface area contributed by atoms with Gasteiger partial charge in [-0.15, -0.1) is 23.2 Å². The number of hydrogen-bond donors (Lipinski definition) is 1. The zero-order valence-electron chi connectivity index (χ0n) is 11.6. The molecule has 0 aromatic heterocycles. The van der Waals surface area contributed by atoms with Crippen molar-refractivity contribution in [3.63, 3.8) is 0 Å². The minimum Gasteiger partial charge on any atom is -0.493 e. The number of amides is 1. The molecule has 6 heteroatoms. The van der Waals surface area contributed by atoms with E-state index in [1.807, 2.05) is 19.1 Å². The third kappa shape index (κ3) is 3.13. The number of halogens is 2. The van der Waals surface area contributed by atoms with Gasteiger partial charge in [-0.3, -0.25) is 4.79 Å². The van der Waals surface area contributed by atoms with Crippen LogP contribution in [0.1, 0.15) is 24.9 Å². The van der Waals surface area contributed by atoms with E-state index in [-0.39, 0.29) is 17.9 Å². The van der Waals surface area contributed by atoms with Crippen molar-refractivity contribution in [3.8, 4) is 11.5 Å². The molecule has 0 radical (unpaired) electrons. The standard InChI is InChI=1S/C14H17Cl2NO3/c1-8(17-13(18)10-7-14(10,15)16)9-4-5-11(19-2)12(6-9)20-3/h4-6,8,10H,7H2,1-3H3,(H,17,18). The Kier molecular flexibility index (Phi) is 4.35. The number of ether oxygens (including phenoxy) is 2. The van der Waals surface area contributed by atoms with Crippen LogP contribution in [0.2, 0.25) is 0 Å². The number of benzene rings is 1. The van der Waals surface area contributed by atoms with Gasteiger partial charge in [-0.2, -0.15) is 0 Å². The Morgan fingerprint density at radius 2 is 1.95 bits per heavy atom. The maximum atomic E-state index is 11.9. The zero-order valence-corrected chi connectivity index (χ0v) is 13.1. The van der Waals surface area contributed by atoms with Gasteiger partial charge in [0.2, 0.25) is 5.91 Å². The van der Waals surface area contributed by atoms with Crippen molar-refractivity contribution in [2.24, 2.45) is 5.92 Å². The van der Waals surface area contributed by atoms with E-state index in [1.165, 1.54) is 0 Å². The lowest BCUT2D eigenvalue weighted by molar-refractivity contribution is -0.123. The molecule has 1 N–H and O–H groups in total. The fraction of sp³-hybridized carbons (Fsp3) is 0.500. The molecule has 1 fully saturated rings. The number of carbonyl (C=O) groups excluding carboxylic acids is 1. The van der Waals surface area contributed by atoms with Gasteiger partial charge in [0.05, 0.1) is 26.2 Å². The first-order valence-corrected chi connectivity index (χ1v) is 7.04. The van der Waals surface area contributed by atoms with Crippen molar-refractivity contribution < 1.29 is 14.3 Å². The van der Waals surface area contributed by atoms with Crippen LogP contribution in [0, 0.1) is 5.92 Å². The van der Waals surface area contributed by atoms with Gasteiger partial charge >= 0.3 is 0 Å². The number of nitrogens with one attached hydrogen (secondary N) is 1. The summed E-state index contributed by atoms with van der Waals surface area (Å²) in [6, 6.07) is 5.37. The average molecular weight is 318 g/mol. The topological polar surface area (TPSA) is 47.6 Å². The predicted molar refractivity (Wildman–Crippen MR) is 78.6 cm³/mol. The Morgan fingerprint density at radius 1 is 1.35 bits per heavy atom. The molecule has 1 aromatic rings. The third-order valence-corrected chi connectivity index (χ3v) is 4.24. The zero-order chi connectivity index (χ0) is 14.9. The van der Waals surface area contributed by atoms with E-state index >= 15 is 0 Å². The Bertz CT molecular complexity index is 519. The van der Waals surface area contributed by atoms with Crippen LogP contribution in [0.15, 0.2) is 18.2 Å². The van der Waals surface area contributed by atoms with Crippen molar-refractivity contribution in [1.82, 2.24) is 5.32 Å². The second kappa shape index (κ2) is 5.70. The van der Waals surface area contributed by atoms with E-state index in [0.29, 0.717) is 17.9 Å². The fourth-order valence-electron chi connectivity index (χ4n) is 2.02. The Hall–Kier alpha value is -1.13. The van der Waals surface area contributed by atoms with Crippen LogP contribution in [0.25, 0.3) is 0 Å². The van der Waals surface area contributed by atoms with Crippen LogP contribution < -0.4 is 14.8 Å². The highest BCUT2D eigenvalue weighted by Gasteiger charge is 2.56. The summed E-state index contributed by atoms with van der Waals surface area (Å²) in [5.74, 6) is 0.824. The van der Waals surface area contributed by atoms with Gasteiger partial charge in [0.1, 0.15) is 4.33 Å². The van der Waals surface area contributed by atoms with E-state index in [2.05, 4.69) is 5.32 Å². The van der Waals surface area contributed by atoms with Crippen LogP contribution in [-0.4, -0.2) is 24.5 Å². The molecule has 0 heterocycles. The van der Waals surface area contributed by atoms with Crippen molar-refractivity contribution in [1.29, 1.82) is 0 Å². The Balaban J connectivity index is 2.06. The molecule has 4 nitrogen and oxygen atoms in total. The quantitative estimate of drug-likeness (QED) is 0.849. The third-order valence-electron chi connectivity index (χ3n) is 3.41. The van der Waals surface area contributed by atoms with Crippen molar-refractivity contribution in [2.45, 2.75) is 23.7 Å². The lowest BCUT2D eigenvalue weighted by Gasteiger charge is -2.16. The molecule has 20 heavy (non-hydrogen) atoms. The van der Waals surface area contributed by atoms with E-state index in [0.717, 1.165) is 5.56 Å². The maximum Gasteiger partial charge on any atom is 0.226 e. The van der Waals surface area contributed by atoms with Crippen LogP contribution in [0.3, 0.4) is 0 Å². The average Bonchev–Trinajstić information content (AvgIpc) is 3.07. The van der Waals surface area contributed by atoms with Crippen LogP contribution in [-0.2, 0) is 4.79 Å². The molecule has 110 valence electrons. The second-order valence-electron chi connectivity index (χ2n) is 4.86. The molecule has 1 aromatic carbocycles. The number of methoxy groups -OCH3 is 2. The van der Waals surface area contributed by atoms with Gasteiger partial charge in [0, 0.05) is 0 Å². The molecule has 1 amide bonds. The van der Waals surface area contributed by atoms with E-state index in [1.54, 1.807) is 20.3 Å². The summed E-state index contributed by atoms with van der Waals surface area (Å²) in [6.45, 7) is 1.89. The van der Waals surface area contributed by atoms with Crippen LogP contribution in [0.4, 0.5) is 0 Å². The van der Waals surface area contributed by atoms with Gasteiger partial charge in [0.15, 0.2) is 11.5 Å². The van der Waals surface area contributed by atoms with E-state index in [9.17, 15) is 4.79 Å². The van der Waals surface area contributed by atoms with Gasteiger partial charge in [-0.05, 0) is 31.0 Å². The van der Waals surface area contributed by atoms with E-state index < -0.39 is 4.33 Å². The number of hydrogen-bond acceptors (Lipinski definition) is 3. The molecule has 2 unspecified atom stereocenters.